The molecule has 5 N–H and O–H groups in total. The normalized spacial score (nSPS) is 13.0. The van der Waals surface area contributed by atoms with Gasteiger partial charge in [0.25, 0.3) is 0 Å². The number of benzene rings is 1. The topological polar surface area (TPSA) is 139 Å². The van der Waals surface area contributed by atoms with Crippen LogP contribution in [0, 0.1) is 0 Å². The van der Waals surface area contributed by atoms with E-state index in [4.69, 9.17) is 10.8 Å². The lowest BCUT2D eigenvalue weighted by atomic mass is 10.1. The van der Waals surface area contributed by atoms with Gasteiger partial charge in [0.15, 0.2) is 0 Å². The Kier molecular flexibility index (Phi) is 7.01. The number of hydrogen-bond acceptors (Lipinski definition) is 6. The molecule has 126 valence electrons. The highest BCUT2D eigenvalue weighted by molar-refractivity contribution is 5.85. The molecule has 0 unspecified atom stereocenters. The van der Waals surface area contributed by atoms with Crippen LogP contribution in [0.1, 0.15) is 18.4 Å². The molecule has 1 rings (SSSR count). The van der Waals surface area contributed by atoms with Crippen LogP contribution in [0.3, 0.4) is 0 Å². The summed E-state index contributed by atoms with van der Waals surface area (Å²) in [5.41, 5.74) is 6.05. The lowest BCUT2D eigenvalue weighted by Gasteiger charge is -2.17. The number of esters is 1. The zero-order chi connectivity index (χ0) is 17.4. The molecule has 1 aromatic carbocycles. The van der Waals surface area contributed by atoms with E-state index in [2.05, 4.69) is 10.1 Å². The molecular weight excluding hydrogens is 304 g/mol. The molecule has 0 fully saturated rings. The number of carbonyl (C=O) groups is 3. The number of phenolic OH excluding ortho intramolecular Hbond substituents is 1. The average Bonchev–Trinajstić information content (AvgIpc) is 2.53. The number of nitrogens with one attached hydrogen (secondary N) is 1. The third-order valence-electron chi connectivity index (χ3n) is 3.20. The quantitative estimate of drug-likeness (QED) is 0.485. The minimum atomic E-state index is -1.19. The number of methoxy groups -OCH3 is 1. The van der Waals surface area contributed by atoms with Crippen LogP contribution in [0.25, 0.3) is 0 Å². The molecule has 0 bridgehead atoms. The first-order chi connectivity index (χ1) is 10.8. The largest absolute Gasteiger partial charge is 0.508 e. The molecule has 0 spiro atoms. The lowest BCUT2D eigenvalue weighted by Crippen LogP contribution is -2.43. The minimum absolute atomic E-state index is 0.0335. The number of nitrogens with two attached hydrogens (primary N) is 1. The highest BCUT2D eigenvalue weighted by atomic mass is 16.5. The Morgan fingerprint density at radius 1 is 1.26 bits per heavy atom. The number of rotatable bonds is 8. The Balaban J connectivity index is 2.64. The second-order valence-electron chi connectivity index (χ2n) is 5.00. The van der Waals surface area contributed by atoms with Crippen molar-refractivity contribution in [3.8, 4) is 5.75 Å². The fraction of sp³-hybridized carbons (Fsp3) is 0.400. The molecule has 23 heavy (non-hydrogen) atoms. The van der Waals surface area contributed by atoms with Crippen LogP contribution in [0.4, 0.5) is 0 Å². The molecule has 2 atom stereocenters. The third kappa shape index (κ3) is 6.35. The van der Waals surface area contributed by atoms with Gasteiger partial charge in [-0.1, -0.05) is 12.1 Å². The predicted octanol–water partition coefficient (Wildman–Crippen LogP) is -0.215. The predicted molar refractivity (Wildman–Crippen MR) is 80.6 cm³/mol. The second kappa shape index (κ2) is 8.74. The molecule has 0 aliphatic heterocycles. The van der Waals surface area contributed by atoms with Gasteiger partial charge in [0, 0.05) is 12.8 Å². The SMILES string of the molecule is COC(=O)[C@H](Cc1ccc(O)cc1)NC(=O)CC[C@H](N)C(=O)O. The zero-order valence-corrected chi connectivity index (χ0v) is 12.7. The molecule has 1 aromatic rings. The Morgan fingerprint density at radius 3 is 2.39 bits per heavy atom. The number of hydrogen-bond donors (Lipinski definition) is 4. The summed E-state index contributed by atoms with van der Waals surface area (Å²) in [6.45, 7) is 0. The fourth-order valence-corrected chi connectivity index (χ4v) is 1.88. The van der Waals surface area contributed by atoms with Gasteiger partial charge in [-0.15, -0.1) is 0 Å². The van der Waals surface area contributed by atoms with Gasteiger partial charge >= 0.3 is 11.9 Å². The smallest absolute Gasteiger partial charge is 0.328 e. The van der Waals surface area contributed by atoms with Crippen molar-refractivity contribution >= 4 is 17.8 Å². The molecule has 0 aliphatic rings. The van der Waals surface area contributed by atoms with Gasteiger partial charge in [-0.05, 0) is 24.1 Å². The molecule has 0 aromatic heterocycles. The molecule has 1 amide bonds. The van der Waals surface area contributed by atoms with Crippen molar-refractivity contribution in [1.82, 2.24) is 5.32 Å². The Labute approximate surface area is 133 Å². The van der Waals surface area contributed by atoms with Gasteiger partial charge in [0.05, 0.1) is 7.11 Å². The summed E-state index contributed by atoms with van der Waals surface area (Å²) < 4.78 is 4.65. The average molecular weight is 324 g/mol. The molecule has 0 aliphatic carbocycles. The Hall–Kier alpha value is -2.61. The van der Waals surface area contributed by atoms with Crippen molar-refractivity contribution in [3.63, 3.8) is 0 Å². The molecular formula is C15H20N2O6. The van der Waals surface area contributed by atoms with Crippen LogP contribution in [0.5, 0.6) is 5.75 Å². The van der Waals surface area contributed by atoms with Crippen LogP contribution < -0.4 is 11.1 Å². The van der Waals surface area contributed by atoms with Crippen molar-refractivity contribution in [2.24, 2.45) is 5.73 Å². The summed E-state index contributed by atoms with van der Waals surface area (Å²) in [6.07, 6.45) is 0.0362. The van der Waals surface area contributed by atoms with Gasteiger partial charge in [-0.3, -0.25) is 9.59 Å². The van der Waals surface area contributed by atoms with E-state index < -0.39 is 29.9 Å². The first kappa shape index (κ1) is 18.4. The van der Waals surface area contributed by atoms with E-state index in [1.54, 1.807) is 12.1 Å². The van der Waals surface area contributed by atoms with Gasteiger partial charge < -0.3 is 26.0 Å². The lowest BCUT2D eigenvalue weighted by molar-refractivity contribution is -0.145. The molecule has 0 saturated heterocycles. The Bertz CT molecular complexity index is 558. The van der Waals surface area contributed by atoms with E-state index in [-0.39, 0.29) is 25.0 Å². The monoisotopic (exact) mass is 324 g/mol. The number of aliphatic carboxylic acids is 1. The van der Waals surface area contributed by atoms with E-state index >= 15 is 0 Å². The van der Waals surface area contributed by atoms with Crippen molar-refractivity contribution in [1.29, 1.82) is 0 Å². The number of ether oxygens (including phenoxy) is 1. The molecule has 8 heteroatoms. The maximum Gasteiger partial charge on any atom is 0.328 e. The number of carboxylic acid groups (broad SMARTS) is 1. The van der Waals surface area contributed by atoms with Crippen molar-refractivity contribution < 1.29 is 29.3 Å². The van der Waals surface area contributed by atoms with Crippen molar-refractivity contribution in [2.75, 3.05) is 7.11 Å². The van der Waals surface area contributed by atoms with E-state index in [0.717, 1.165) is 5.56 Å². The highest BCUT2D eigenvalue weighted by Gasteiger charge is 2.22. The van der Waals surface area contributed by atoms with E-state index in [1.807, 2.05) is 0 Å². The molecule has 0 heterocycles. The van der Waals surface area contributed by atoms with Crippen molar-refractivity contribution in [2.45, 2.75) is 31.3 Å². The number of carbonyl (C=O) groups excluding carboxylic acids is 2. The van der Waals surface area contributed by atoms with Crippen LogP contribution in [-0.4, -0.2) is 47.3 Å². The van der Waals surface area contributed by atoms with Gasteiger partial charge in [-0.25, -0.2) is 4.79 Å². The summed E-state index contributed by atoms with van der Waals surface area (Å²) in [5.74, 6) is -2.20. The number of phenols is 1. The van der Waals surface area contributed by atoms with Gasteiger partial charge in [0.1, 0.15) is 17.8 Å². The summed E-state index contributed by atoms with van der Waals surface area (Å²) in [6, 6.07) is 4.15. The number of aromatic hydroxyl groups is 1. The maximum atomic E-state index is 11.8. The zero-order valence-electron chi connectivity index (χ0n) is 12.7. The third-order valence-corrected chi connectivity index (χ3v) is 3.20. The summed E-state index contributed by atoms with van der Waals surface area (Å²) in [4.78, 5) is 34.2. The fourth-order valence-electron chi connectivity index (χ4n) is 1.88. The first-order valence-electron chi connectivity index (χ1n) is 6.97. The van der Waals surface area contributed by atoms with E-state index in [9.17, 15) is 19.5 Å². The van der Waals surface area contributed by atoms with Crippen LogP contribution in [-0.2, 0) is 25.5 Å². The van der Waals surface area contributed by atoms with Crippen LogP contribution in [0.2, 0.25) is 0 Å². The maximum absolute atomic E-state index is 11.8. The summed E-state index contributed by atoms with van der Waals surface area (Å²) >= 11 is 0. The van der Waals surface area contributed by atoms with Crippen molar-refractivity contribution in [3.05, 3.63) is 29.8 Å². The first-order valence-corrected chi connectivity index (χ1v) is 6.97. The molecule has 0 saturated carbocycles. The van der Waals surface area contributed by atoms with Gasteiger partial charge in [-0.2, -0.15) is 0 Å². The number of carboxylic acids is 1. The second-order valence-corrected chi connectivity index (χ2v) is 5.00. The van der Waals surface area contributed by atoms with E-state index in [0.29, 0.717) is 0 Å². The minimum Gasteiger partial charge on any atom is -0.508 e. The standard InChI is InChI=1S/C15H20N2O6/c1-23-15(22)12(8-9-2-4-10(18)5-3-9)17-13(19)7-6-11(16)14(20)21/h2-5,11-12,18H,6-8,16H2,1H3,(H,17,19)(H,20,21)/t11-,12-/m0/s1. The summed E-state index contributed by atoms with van der Waals surface area (Å²) in [7, 11) is 1.21. The Morgan fingerprint density at radius 2 is 1.87 bits per heavy atom. The molecule has 0 radical (unpaired) electrons. The highest BCUT2D eigenvalue weighted by Crippen LogP contribution is 2.12. The summed E-state index contributed by atoms with van der Waals surface area (Å²) in [5, 5.41) is 20.4. The molecule has 8 nitrogen and oxygen atoms in total. The van der Waals surface area contributed by atoms with Crippen LogP contribution >= 0.6 is 0 Å². The van der Waals surface area contributed by atoms with Crippen LogP contribution in [0.15, 0.2) is 24.3 Å². The van der Waals surface area contributed by atoms with E-state index in [1.165, 1.54) is 19.2 Å². The van der Waals surface area contributed by atoms with Gasteiger partial charge in [0.2, 0.25) is 5.91 Å². The number of amides is 1.